The van der Waals surface area contributed by atoms with Gasteiger partial charge in [-0.1, -0.05) is 293 Å². The van der Waals surface area contributed by atoms with Crippen molar-refractivity contribution in [2.45, 2.75) is 271 Å². The van der Waals surface area contributed by atoms with Gasteiger partial charge in [0.1, 0.15) is 13.2 Å². The van der Waals surface area contributed by atoms with Crippen LogP contribution in [0.15, 0.2) is 182 Å². The lowest BCUT2D eigenvalue weighted by Gasteiger charge is -2.18. The fourth-order valence-electron chi connectivity index (χ4n) is 8.57. The van der Waals surface area contributed by atoms with E-state index in [0.717, 1.165) is 135 Å². The van der Waals surface area contributed by atoms with E-state index in [2.05, 4.69) is 191 Å². The minimum absolute atomic E-state index is 0.112. The molecule has 0 saturated heterocycles. The Balaban J connectivity index is 4.40. The van der Waals surface area contributed by atoms with E-state index >= 15 is 0 Å². The van der Waals surface area contributed by atoms with Gasteiger partial charge < -0.3 is 14.2 Å². The summed E-state index contributed by atoms with van der Waals surface area (Å²) < 4.78 is 16.8. The van der Waals surface area contributed by atoms with Gasteiger partial charge in [-0.2, -0.15) is 0 Å². The number of hydrogen-bond donors (Lipinski definition) is 0. The molecule has 0 heterocycles. The molecule has 0 bridgehead atoms. The van der Waals surface area contributed by atoms with Gasteiger partial charge in [0.05, 0.1) is 6.42 Å². The van der Waals surface area contributed by atoms with E-state index < -0.39 is 12.1 Å². The van der Waals surface area contributed by atoms with Crippen molar-refractivity contribution in [1.82, 2.24) is 0 Å². The fraction of sp³-hybridized carbons (Fsp3) is 0.571. The number of carbonyl (C=O) groups is 3. The van der Waals surface area contributed by atoms with E-state index in [9.17, 15) is 14.4 Å². The Labute approximate surface area is 510 Å². The van der Waals surface area contributed by atoms with E-state index in [4.69, 9.17) is 14.2 Å². The lowest BCUT2D eigenvalue weighted by molar-refractivity contribution is -0.166. The molecule has 0 aromatic heterocycles. The summed E-state index contributed by atoms with van der Waals surface area (Å²) in [6, 6.07) is 0. The first kappa shape index (κ1) is 77.5. The van der Waals surface area contributed by atoms with Crippen LogP contribution in [-0.2, 0) is 28.6 Å². The first-order valence-corrected chi connectivity index (χ1v) is 33.3. The number of unbranched alkanes of at least 4 members (excludes halogenated alkanes) is 18. The Kier molecular flexibility index (Phi) is 64.4. The minimum Gasteiger partial charge on any atom is -0.462 e. The molecule has 0 aliphatic heterocycles. The lowest BCUT2D eigenvalue weighted by atomic mass is 10.0. The zero-order chi connectivity index (χ0) is 59.9. The Morgan fingerprint density at radius 1 is 0.253 bits per heavy atom. The molecular formula is C77H120O6. The standard InChI is InChI=1S/C77H120O6/c1-4-7-10-13-16-19-22-25-28-30-32-33-34-35-36-37-38-39-40-41-42-43-45-46-49-52-55-58-61-64-67-70-76(79)82-73-74(72-81-75(78)69-66-63-60-57-54-51-48-27-24-21-18-15-12-9-6-3)83-77(80)71-68-65-62-59-56-53-50-47-44-31-29-26-23-20-17-14-11-8-5-2/h7-12,16-21,25-29,32-33,35-36,44,47-48,53-54,56-57,63,66,74H,4-6,13-15,22-24,30-31,34,37-43,45-46,49-52,55,58-62,64-65,67-73H2,1-3H3/b10-7-,11-8-,12-9-,19-16-,20-17-,21-18-,28-25-,29-26-,33-32-,36-35-,47-44-,48-27-,56-53-,57-54-,66-63-. The van der Waals surface area contributed by atoms with Gasteiger partial charge in [0, 0.05) is 12.8 Å². The second-order valence-electron chi connectivity index (χ2n) is 21.2. The number of rotatable bonds is 58. The Morgan fingerprint density at radius 2 is 0.482 bits per heavy atom. The molecular weight excluding hydrogens is 1020 g/mol. The van der Waals surface area contributed by atoms with Gasteiger partial charge in [0.2, 0.25) is 0 Å². The number of ether oxygens (including phenoxy) is 3. The largest absolute Gasteiger partial charge is 0.462 e. The summed E-state index contributed by atoms with van der Waals surface area (Å²) in [6.45, 7) is 6.18. The lowest BCUT2D eigenvalue weighted by Crippen LogP contribution is -2.30. The van der Waals surface area contributed by atoms with Crippen molar-refractivity contribution in [3.8, 4) is 0 Å². The molecule has 0 N–H and O–H groups in total. The van der Waals surface area contributed by atoms with Crippen molar-refractivity contribution in [3.05, 3.63) is 182 Å². The van der Waals surface area contributed by atoms with Crippen LogP contribution in [0.3, 0.4) is 0 Å². The molecule has 0 amide bonds. The molecule has 1 atom stereocenters. The maximum atomic E-state index is 12.9. The summed E-state index contributed by atoms with van der Waals surface area (Å²) in [6.07, 6.45) is 104. The van der Waals surface area contributed by atoms with Gasteiger partial charge in [-0.15, -0.1) is 0 Å². The Bertz CT molecular complexity index is 1940. The molecule has 6 heteroatoms. The Morgan fingerprint density at radius 3 is 0.795 bits per heavy atom. The molecule has 0 saturated carbocycles. The van der Waals surface area contributed by atoms with Crippen molar-refractivity contribution >= 4 is 17.9 Å². The van der Waals surface area contributed by atoms with Gasteiger partial charge in [-0.25, -0.2) is 0 Å². The smallest absolute Gasteiger partial charge is 0.309 e. The number of carbonyl (C=O) groups excluding carboxylic acids is 3. The quantitative estimate of drug-likeness (QED) is 0.0261. The average Bonchev–Trinajstić information content (AvgIpc) is 3.49. The fourth-order valence-corrected chi connectivity index (χ4v) is 8.57. The summed E-state index contributed by atoms with van der Waals surface area (Å²) in [5, 5.41) is 0. The van der Waals surface area contributed by atoms with E-state index in [1.54, 1.807) is 6.08 Å². The first-order chi connectivity index (χ1) is 41.0. The highest BCUT2D eigenvalue weighted by molar-refractivity contribution is 5.72. The maximum absolute atomic E-state index is 12.9. The Hall–Kier alpha value is -5.49. The normalized spacial score (nSPS) is 13.3. The zero-order valence-electron chi connectivity index (χ0n) is 53.1. The third-order valence-electron chi connectivity index (χ3n) is 13.4. The summed E-state index contributed by atoms with van der Waals surface area (Å²) in [4.78, 5) is 38.3. The third-order valence-corrected chi connectivity index (χ3v) is 13.4. The predicted molar refractivity (Wildman–Crippen MR) is 361 cm³/mol. The summed E-state index contributed by atoms with van der Waals surface area (Å²) in [5.74, 6) is -1.10. The molecule has 0 aliphatic rings. The highest BCUT2D eigenvalue weighted by Gasteiger charge is 2.19. The van der Waals surface area contributed by atoms with Gasteiger partial charge >= 0.3 is 17.9 Å². The van der Waals surface area contributed by atoms with Crippen molar-refractivity contribution in [2.24, 2.45) is 0 Å². The van der Waals surface area contributed by atoms with Crippen LogP contribution in [0.2, 0.25) is 0 Å². The molecule has 83 heavy (non-hydrogen) atoms. The molecule has 0 radical (unpaired) electrons. The van der Waals surface area contributed by atoms with Crippen LogP contribution < -0.4 is 0 Å². The summed E-state index contributed by atoms with van der Waals surface area (Å²) in [5.41, 5.74) is 0. The first-order valence-electron chi connectivity index (χ1n) is 33.3. The average molecular weight is 1140 g/mol. The van der Waals surface area contributed by atoms with Gasteiger partial charge in [-0.3, -0.25) is 14.4 Å². The van der Waals surface area contributed by atoms with E-state index in [1.165, 1.54) is 83.5 Å². The maximum Gasteiger partial charge on any atom is 0.309 e. The molecule has 0 spiro atoms. The van der Waals surface area contributed by atoms with Gasteiger partial charge in [-0.05, 0) is 135 Å². The highest BCUT2D eigenvalue weighted by atomic mass is 16.6. The number of hydrogen-bond acceptors (Lipinski definition) is 6. The van der Waals surface area contributed by atoms with Crippen LogP contribution in [-0.4, -0.2) is 37.2 Å². The molecule has 0 aliphatic carbocycles. The van der Waals surface area contributed by atoms with Crippen molar-refractivity contribution < 1.29 is 28.6 Å². The highest BCUT2D eigenvalue weighted by Crippen LogP contribution is 2.15. The molecule has 6 nitrogen and oxygen atoms in total. The second-order valence-corrected chi connectivity index (χ2v) is 21.2. The monoisotopic (exact) mass is 1140 g/mol. The third kappa shape index (κ3) is 67.2. The topological polar surface area (TPSA) is 78.9 Å². The van der Waals surface area contributed by atoms with Crippen LogP contribution in [0, 0.1) is 0 Å². The number of esters is 3. The molecule has 0 aromatic carbocycles. The van der Waals surface area contributed by atoms with Crippen LogP contribution in [0.1, 0.15) is 265 Å². The predicted octanol–water partition coefficient (Wildman–Crippen LogP) is 23.2. The van der Waals surface area contributed by atoms with E-state index in [1.807, 2.05) is 6.08 Å². The van der Waals surface area contributed by atoms with Crippen LogP contribution in [0.5, 0.6) is 0 Å². The van der Waals surface area contributed by atoms with Gasteiger partial charge in [0.25, 0.3) is 0 Å². The zero-order valence-corrected chi connectivity index (χ0v) is 53.1. The van der Waals surface area contributed by atoms with Crippen LogP contribution in [0.4, 0.5) is 0 Å². The molecule has 0 aromatic rings. The van der Waals surface area contributed by atoms with Crippen LogP contribution >= 0.6 is 0 Å². The molecule has 464 valence electrons. The van der Waals surface area contributed by atoms with Crippen molar-refractivity contribution in [1.29, 1.82) is 0 Å². The minimum atomic E-state index is -0.846. The van der Waals surface area contributed by atoms with Crippen molar-refractivity contribution in [3.63, 3.8) is 0 Å². The second kappa shape index (κ2) is 69.0. The van der Waals surface area contributed by atoms with Crippen molar-refractivity contribution in [2.75, 3.05) is 13.2 Å². The van der Waals surface area contributed by atoms with Crippen LogP contribution in [0.25, 0.3) is 0 Å². The molecule has 1 unspecified atom stereocenters. The van der Waals surface area contributed by atoms with E-state index in [0.29, 0.717) is 12.8 Å². The molecule has 0 rings (SSSR count). The van der Waals surface area contributed by atoms with E-state index in [-0.39, 0.29) is 38.0 Å². The molecule has 0 fully saturated rings. The summed E-state index contributed by atoms with van der Waals surface area (Å²) >= 11 is 0. The van der Waals surface area contributed by atoms with Gasteiger partial charge in [0.15, 0.2) is 6.10 Å². The number of allylic oxidation sites excluding steroid dienone is 29. The summed E-state index contributed by atoms with van der Waals surface area (Å²) in [7, 11) is 0. The SMILES string of the molecule is CC/C=C\C/C=C\C/C=C\C/C=C\C/C=C\CCCCCCCCCCCCCCCCCC(=O)OCC(COC(=O)C/C=C\C/C=C\C/C=C\C/C=C\C/C=C\CC)OC(=O)CCCCC/C=C\C/C=C\C/C=C\C/C=C\C/C=C\CC.